The number of nitrogens with one attached hydrogen (secondary N) is 1. The molecule has 33 heavy (non-hydrogen) atoms. The average molecular weight is 462 g/mol. The maximum absolute atomic E-state index is 12.4. The standard InChI is InChI=1S/C15H18N2O5.C8H10FN.CH4/c1-9(18)17-8-14(20)16-7-11(15(17)21)5-10-6-12(19)3-4-13(10)22-2;1-6(10)7-2-4-8(9)5-3-7;/h3-4,6,11,19H,5,7-8H2,1-2H3,(H,16,20);2-6H,10H2,1H3;1H4. The third-order valence-corrected chi connectivity index (χ3v) is 4.97. The molecule has 180 valence electrons. The molecule has 2 aromatic carbocycles. The second kappa shape index (κ2) is 12.5. The van der Waals surface area contributed by atoms with Crippen molar-refractivity contribution in [2.45, 2.75) is 33.7 Å². The van der Waals surface area contributed by atoms with Gasteiger partial charge in [-0.3, -0.25) is 19.3 Å². The number of rotatable bonds is 4. The SMILES string of the molecule is C.CC(N)c1ccc(F)cc1.COc1ccc(O)cc1CC1CNC(=O)CN(C(C)=O)C1=O. The molecule has 1 fully saturated rings. The van der Waals surface area contributed by atoms with E-state index in [0.29, 0.717) is 11.3 Å². The lowest BCUT2D eigenvalue weighted by Crippen LogP contribution is -2.41. The number of amides is 3. The fraction of sp³-hybridized carbons (Fsp3) is 0.375. The Kier molecular flexibility index (Phi) is 10.5. The molecular formula is C24H32FN3O5. The summed E-state index contributed by atoms with van der Waals surface area (Å²) in [6.07, 6.45) is 0.250. The summed E-state index contributed by atoms with van der Waals surface area (Å²) in [7, 11) is 1.49. The number of nitrogens with two attached hydrogens (primary N) is 1. The maximum atomic E-state index is 12.4. The molecule has 9 heteroatoms. The molecule has 2 atom stereocenters. The molecule has 0 spiro atoms. The molecule has 0 radical (unpaired) electrons. The molecular weight excluding hydrogens is 429 g/mol. The number of benzene rings is 2. The number of phenols is 1. The molecule has 0 bridgehead atoms. The summed E-state index contributed by atoms with van der Waals surface area (Å²) >= 11 is 0. The third-order valence-electron chi connectivity index (χ3n) is 4.97. The van der Waals surface area contributed by atoms with Crippen molar-refractivity contribution >= 4 is 17.7 Å². The van der Waals surface area contributed by atoms with Crippen LogP contribution in [0.4, 0.5) is 4.39 Å². The number of methoxy groups -OCH3 is 1. The molecule has 8 nitrogen and oxygen atoms in total. The Hall–Kier alpha value is -3.46. The summed E-state index contributed by atoms with van der Waals surface area (Å²) in [5.41, 5.74) is 7.14. The number of hydrogen-bond acceptors (Lipinski definition) is 6. The van der Waals surface area contributed by atoms with Crippen molar-refractivity contribution in [3.05, 3.63) is 59.4 Å². The van der Waals surface area contributed by atoms with Gasteiger partial charge in [-0.1, -0.05) is 19.6 Å². The van der Waals surface area contributed by atoms with Gasteiger partial charge in [-0.15, -0.1) is 0 Å². The van der Waals surface area contributed by atoms with Crippen LogP contribution in [0.2, 0.25) is 0 Å². The first-order valence-corrected chi connectivity index (χ1v) is 10.1. The Morgan fingerprint density at radius 1 is 1.27 bits per heavy atom. The molecule has 1 saturated heterocycles. The van der Waals surface area contributed by atoms with Crippen LogP contribution < -0.4 is 15.8 Å². The molecule has 1 aliphatic rings. The molecule has 4 N–H and O–H groups in total. The summed E-state index contributed by atoms with van der Waals surface area (Å²) in [5, 5.41) is 12.2. The summed E-state index contributed by atoms with van der Waals surface area (Å²) in [6.45, 7) is 3.00. The zero-order valence-electron chi connectivity index (χ0n) is 18.3. The van der Waals surface area contributed by atoms with E-state index in [1.807, 2.05) is 6.92 Å². The van der Waals surface area contributed by atoms with Crippen molar-refractivity contribution in [3.63, 3.8) is 0 Å². The monoisotopic (exact) mass is 461 g/mol. The molecule has 1 heterocycles. The highest BCUT2D eigenvalue weighted by Crippen LogP contribution is 2.26. The minimum atomic E-state index is -0.592. The lowest BCUT2D eigenvalue weighted by molar-refractivity contribution is -0.147. The van der Waals surface area contributed by atoms with E-state index >= 15 is 0 Å². The van der Waals surface area contributed by atoms with Gasteiger partial charge < -0.3 is 20.9 Å². The second-order valence-corrected chi connectivity index (χ2v) is 7.48. The van der Waals surface area contributed by atoms with E-state index in [1.54, 1.807) is 18.2 Å². The molecule has 0 aliphatic carbocycles. The Balaban J connectivity index is 0.000000417. The largest absolute Gasteiger partial charge is 0.508 e. The van der Waals surface area contributed by atoms with Crippen LogP contribution in [0.3, 0.4) is 0 Å². The number of halogens is 1. The number of imide groups is 1. The van der Waals surface area contributed by atoms with E-state index in [2.05, 4.69) is 5.32 Å². The highest BCUT2D eigenvalue weighted by molar-refractivity contribution is 6.00. The van der Waals surface area contributed by atoms with Crippen molar-refractivity contribution in [2.75, 3.05) is 20.2 Å². The molecule has 2 aromatic rings. The zero-order valence-corrected chi connectivity index (χ0v) is 18.3. The minimum Gasteiger partial charge on any atom is -0.508 e. The number of carbonyl (C=O) groups is 3. The number of hydrogen-bond donors (Lipinski definition) is 3. The van der Waals surface area contributed by atoms with E-state index in [4.69, 9.17) is 10.5 Å². The van der Waals surface area contributed by atoms with Gasteiger partial charge in [-0.2, -0.15) is 0 Å². The van der Waals surface area contributed by atoms with Crippen LogP contribution in [0.5, 0.6) is 11.5 Å². The predicted octanol–water partition coefficient (Wildman–Crippen LogP) is 2.55. The molecule has 3 rings (SSSR count). The van der Waals surface area contributed by atoms with Crippen molar-refractivity contribution in [1.29, 1.82) is 0 Å². The van der Waals surface area contributed by atoms with Gasteiger partial charge in [0.15, 0.2) is 0 Å². The summed E-state index contributed by atoms with van der Waals surface area (Å²) in [6, 6.07) is 10.8. The normalized spacial score (nSPS) is 16.4. The van der Waals surface area contributed by atoms with Gasteiger partial charge in [0.05, 0.1) is 13.0 Å². The van der Waals surface area contributed by atoms with Gasteiger partial charge in [0.2, 0.25) is 17.7 Å². The summed E-state index contributed by atoms with van der Waals surface area (Å²) in [5.74, 6) is -1.45. The van der Waals surface area contributed by atoms with Gasteiger partial charge in [0, 0.05) is 19.5 Å². The van der Waals surface area contributed by atoms with E-state index < -0.39 is 17.7 Å². The van der Waals surface area contributed by atoms with Crippen LogP contribution in [0, 0.1) is 11.7 Å². The first-order chi connectivity index (χ1) is 15.1. The minimum absolute atomic E-state index is 0. The number of carbonyl (C=O) groups excluding carboxylic acids is 3. The van der Waals surface area contributed by atoms with Crippen molar-refractivity contribution in [1.82, 2.24) is 10.2 Å². The highest BCUT2D eigenvalue weighted by Gasteiger charge is 2.32. The third kappa shape index (κ3) is 7.87. The molecule has 1 aliphatic heterocycles. The Morgan fingerprint density at radius 2 is 1.91 bits per heavy atom. The Morgan fingerprint density at radius 3 is 2.45 bits per heavy atom. The van der Waals surface area contributed by atoms with E-state index in [-0.39, 0.29) is 50.5 Å². The van der Waals surface area contributed by atoms with Crippen LogP contribution >= 0.6 is 0 Å². The predicted molar refractivity (Wildman–Crippen MR) is 123 cm³/mol. The van der Waals surface area contributed by atoms with Crippen LogP contribution in [0.25, 0.3) is 0 Å². The quantitative estimate of drug-likeness (QED) is 0.643. The van der Waals surface area contributed by atoms with Crippen LogP contribution in [-0.2, 0) is 20.8 Å². The van der Waals surface area contributed by atoms with Gasteiger partial charge in [0.25, 0.3) is 0 Å². The van der Waals surface area contributed by atoms with E-state index in [9.17, 15) is 23.9 Å². The fourth-order valence-corrected chi connectivity index (χ4v) is 3.20. The molecule has 3 amide bonds. The van der Waals surface area contributed by atoms with Crippen LogP contribution in [0.15, 0.2) is 42.5 Å². The second-order valence-electron chi connectivity index (χ2n) is 7.48. The number of nitrogens with zero attached hydrogens (tertiary/aromatic N) is 1. The maximum Gasteiger partial charge on any atom is 0.240 e. The van der Waals surface area contributed by atoms with Crippen molar-refractivity contribution in [2.24, 2.45) is 11.7 Å². The van der Waals surface area contributed by atoms with Crippen LogP contribution in [-0.4, -0.2) is 47.9 Å². The molecule has 2 unspecified atom stereocenters. The first kappa shape index (κ1) is 27.6. The van der Waals surface area contributed by atoms with Crippen molar-refractivity contribution < 1.29 is 28.6 Å². The topological polar surface area (TPSA) is 122 Å². The van der Waals surface area contributed by atoms with Crippen molar-refractivity contribution in [3.8, 4) is 11.5 Å². The summed E-state index contributed by atoms with van der Waals surface area (Å²) < 4.78 is 17.5. The average Bonchev–Trinajstić information content (AvgIpc) is 2.88. The molecule has 0 aromatic heterocycles. The smallest absolute Gasteiger partial charge is 0.240 e. The summed E-state index contributed by atoms with van der Waals surface area (Å²) in [4.78, 5) is 36.5. The van der Waals surface area contributed by atoms with Crippen LogP contribution in [0.1, 0.15) is 38.4 Å². The number of ether oxygens (including phenoxy) is 1. The number of aromatic hydroxyl groups is 1. The molecule has 0 saturated carbocycles. The Bertz CT molecular complexity index is 963. The lowest BCUT2D eigenvalue weighted by Gasteiger charge is -2.20. The number of phenolic OH excluding ortho intramolecular Hbond substituents is 1. The fourth-order valence-electron chi connectivity index (χ4n) is 3.20. The zero-order chi connectivity index (χ0) is 23.8. The Labute approximate surface area is 193 Å². The van der Waals surface area contributed by atoms with Gasteiger partial charge in [0.1, 0.15) is 23.9 Å². The lowest BCUT2D eigenvalue weighted by atomic mass is 9.97. The van der Waals surface area contributed by atoms with Gasteiger partial charge >= 0.3 is 0 Å². The first-order valence-electron chi connectivity index (χ1n) is 10.1. The van der Waals surface area contributed by atoms with E-state index in [1.165, 1.54) is 38.3 Å². The van der Waals surface area contributed by atoms with Gasteiger partial charge in [-0.05, 0) is 54.8 Å². The van der Waals surface area contributed by atoms with E-state index in [0.717, 1.165) is 10.5 Å². The van der Waals surface area contributed by atoms with Gasteiger partial charge in [-0.25, -0.2) is 4.39 Å². The highest BCUT2D eigenvalue weighted by atomic mass is 19.1.